The maximum Gasteiger partial charge on any atom is 0.270 e. The second-order valence-corrected chi connectivity index (χ2v) is 5.17. The molecular formula is C15H23N3O. The Balaban J connectivity index is 1.84. The first kappa shape index (κ1) is 13.8. The van der Waals surface area contributed by atoms with Crippen LogP contribution in [0, 0.1) is 0 Å². The maximum absolute atomic E-state index is 12.0. The lowest BCUT2D eigenvalue weighted by Crippen LogP contribution is -2.33. The minimum atomic E-state index is -0.0491. The summed E-state index contributed by atoms with van der Waals surface area (Å²) in [5.41, 5.74) is 1.49. The summed E-state index contributed by atoms with van der Waals surface area (Å²) in [4.78, 5) is 16.2. The highest BCUT2D eigenvalue weighted by Crippen LogP contribution is 2.18. The van der Waals surface area contributed by atoms with E-state index in [0.29, 0.717) is 11.7 Å². The molecule has 1 aliphatic rings. The summed E-state index contributed by atoms with van der Waals surface area (Å²) < 4.78 is 0. The van der Waals surface area contributed by atoms with E-state index in [4.69, 9.17) is 0 Å². The van der Waals surface area contributed by atoms with Gasteiger partial charge < -0.3 is 10.6 Å². The second kappa shape index (κ2) is 7.12. The Morgan fingerprint density at radius 1 is 1.37 bits per heavy atom. The molecule has 0 bridgehead atoms. The number of pyridine rings is 1. The fourth-order valence-electron chi connectivity index (χ4n) is 2.37. The van der Waals surface area contributed by atoms with Crippen LogP contribution in [0.3, 0.4) is 0 Å². The molecule has 1 aromatic heterocycles. The quantitative estimate of drug-likeness (QED) is 0.774. The molecule has 0 unspecified atom stereocenters. The van der Waals surface area contributed by atoms with Crippen molar-refractivity contribution < 1.29 is 4.79 Å². The fraction of sp³-hybridized carbons (Fsp3) is 0.600. The Labute approximate surface area is 115 Å². The number of anilines is 1. The van der Waals surface area contributed by atoms with Gasteiger partial charge in [0.05, 0.1) is 11.9 Å². The van der Waals surface area contributed by atoms with Gasteiger partial charge in [0, 0.05) is 12.6 Å². The summed E-state index contributed by atoms with van der Waals surface area (Å²) in [5, 5.41) is 6.34. The summed E-state index contributed by atoms with van der Waals surface area (Å²) >= 11 is 0. The molecule has 0 saturated heterocycles. The molecule has 2 N–H and O–H groups in total. The van der Waals surface area contributed by atoms with Crippen LogP contribution in [0.25, 0.3) is 0 Å². The van der Waals surface area contributed by atoms with Crippen molar-refractivity contribution >= 4 is 11.6 Å². The lowest BCUT2D eigenvalue weighted by atomic mass is 10.2. The molecule has 0 aromatic carbocycles. The summed E-state index contributed by atoms with van der Waals surface area (Å²) in [6.07, 6.45) is 8.69. The number of amides is 1. The Morgan fingerprint density at radius 3 is 2.79 bits per heavy atom. The highest BCUT2D eigenvalue weighted by Gasteiger charge is 2.18. The standard InChI is InChI=1S/C15H23N3O/c1-2-3-10-16-13-8-9-14(17-11-13)15(19)18-12-6-4-5-7-12/h8-9,11-12,16H,2-7,10H2,1H3,(H,18,19). The van der Waals surface area contributed by atoms with E-state index in [2.05, 4.69) is 22.5 Å². The van der Waals surface area contributed by atoms with E-state index in [-0.39, 0.29) is 5.91 Å². The molecule has 1 aromatic rings. The first-order chi connectivity index (χ1) is 9.29. The van der Waals surface area contributed by atoms with Crippen LogP contribution in [0.2, 0.25) is 0 Å². The van der Waals surface area contributed by atoms with Crippen molar-refractivity contribution in [1.82, 2.24) is 10.3 Å². The van der Waals surface area contributed by atoms with Gasteiger partial charge in [-0.3, -0.25) is 4.79 Å². The smallest absolute Gasteiger partial charge is 0.270 e. The van der Waals surface area contributed by atoms with Gasteiger partial charge in [-0.25, -0.2) is 4.98 Å². The van der Waals surface area contributed by atoms with Crippen molar-refractivity contribution in [2.75, 3.05) is 11.9 Å². The number of unbranched alkanes of at least 4 members (excludes halogenated alkanes) is 1. The zero-order valence-electron chi connectivity index (χ0n) is 11.6. The van der Waals surface area contributed by atoms with E-state index in [1.54, 1.807) is 12.3 Å². The van der Waals surface area contributed by atoms with E-state index < -0.39 is 0 Å². The van der Waals surface area contributed by atoms with Crippen LogP contribution in [0.1, 0.15) is 55.9 Å². The topological polar surface area (TPSA) is 54.0 Å². The van der Waals surface area contributed by atoms with Crippen LogP contribution in [0.15, 0.2) is 18.3 Å². The monoisotopic (exact) mass is 261 g/mol. The van der Waals surface area contributed by atoms with E-state index in [9.17, 15) is 4.79 Å². The predicted molar refractivity (Wildman–Crippen MR) is 77.4 cm³/mol. The van der Waals surface area contributed by atoms with Crippen molar-refractivity contribution in [2.24, 2.45) is 0 Å². The molecule has 0 spiro atoms. The molecule has 0 aliphatic heterocycles. The predicted octanol–water partition coefficient (Wildman–Crippen LogP) is 2.97. The molecule has 1 amide bonds. The number of carbonyl (C=O) groups excluding carboxylic acids is 1. The summed E-state index contributed by atoms with van der Waals surface area (Å²) in [7, 11) is 0. The van der Waals surface area contributed by atoms with Crippen LogP contribution in [-0.4, -0.2) is 23.5 Å². The summed E-state index contributed by atoms with van der Waals surface area (Å²) in [5.74, 6) is -0.0491. The Bertz CT molecular complexity index is 396. The third-order valence-electron chi connectivity index (χ3n) is 3.55. The third-order valence-corrected chi connectivity index (χ3v) is 3.55. The molecule has 1 heterocycles. The number of hydrogen-bond acceptors (Lipinski definition) is 3. The average Bonchev–Trinajstić information content (AvgIpc) is 2.93. The van der Waals surface area contributed by atoms with Crippen LogP contribution in [0.4, 0.5) is 5.69 Å². The van der Waals surface area contributed by atoms with E-state index in [1.165, 1.54) is 19.3 Å². The molecule has 1 saturated carbocycles. The fourth-order valence-corrected chi connectivity index (χ4v) is 2.37. The van der Waals surface area contributed by atoms with E-state index in [1.807, 2.05) is 6.07 Å². The normalized spacial score (nSPS) is 15.4. The van der Waals surface area contributed by atoms with E-state index in [0.717, 1.165) is 31.5 Å². The van der Waals surface area contributed by atoms with Crippen molar-refractivity contribution in [2.45, 2.75) is 51.5 Å². The second-order valence-electron chi connectivity index (χ2n) is 5.17. The Kier molecular flexibility index (Phi) is 5.19. The van der Waals surface area contributed by atoms with Crippen LogP contribution < -0.4 is 10.6 Å². The average molecular weight is 261 g/mol. The number of carbonyl (C=O) groups is 1. The lowest BCUT2D eigenvalue weighted by molar-refractivity contribution is 0.0933. The van der Waals surface area contributed by atoms with Gasteiger partial charge in [-0.05, 0) is 31.4 Å². The summed E-state index contributed by atoms with van der Waals surface area (Å²) in [6, 6.07) is 4.06. The largest absolute Gasteiger partial charge is 0.384 e. The highest BCUT2D eigenvalue weighted by atomic mass is 16.1. The zero-order valence-corrected chi connectivity index (χ0v) is 11.6. The van der Waals surface area contributed by atoms with E-state index >= 15 is 0 Å². The third kappa shape index (κ3) is 4.23. The minimum Gasteiger partial charge on any atom is -0.384 e. The van der Waals surface area contributed by atoms with Gasteiger partial charge in [0.2, 0.25) is 0 Å². The van der Waals surface area contributed by atoms with Crippen molar-refractivity contribution in [3.05, 3.63) is 24.0 Å². The minimum absolute atomic E-state index is 0.0491. The van der Waals surface area contributed by atoms with Crippen molar-refractivity contribution in [3.8, 4) is 0 Å². The highest BCUT2D eigenvalue weighted by molar-refractivity contribution is 5.92. The molecule has 1 fully saturated rings. The van der Waals surface area contributed by atoms with Crippen LogP contribution in [-0.2, 0) is 0 Å². The number of rotatable bonds is 6. The van der Waals surface area contributed by atoms with Crippen molar-refractivity contribution in [3.63, 3.8) is 0 Å². The van der Waals surface area contributed by atoms with Crippen LogP contribution >= 0.6 is 0 Å². The number of nitrogens with zero attached hydrogens (tertiary/aromatic N) is 1. The Morgan fingerprint density at radius 2 is 2.16 bits per heavy atom. The summed E-state index contributed by atoms with van der Waals surface area (Å²) in [6.45, 7) is 3.11. The van der Waals surface area contributed by atoms with Gasteiger partial charge in [0.15, 0.2) is 0 Å². The maximum atomic E-state index is 12.0. The molecule has 1 aliphatic carbocycles. The van der Waals surface area contributed by atoms with Gasteiger partial charge in [-0.15, -0.1) is 0 Å². The zero-order chi connectivity index (χ0) is 13.5. The molecule has 4 nitrogen and oxygen atoms in total. The Hall–Kier alpha value is -1.58. The molecule has 4 heteroatoms. The lowest BCUT2D eigenvalue weighted by Gasteiger charge is -2.11. The van der Waals surface area contributed by atoms with Gasteiger partial charge >= 0.3 is 0 Å². The number of hydrogen-bond donors (Lipinski definition) is 2. The van der Waals surface area contributed by atoms with Gasteiger partial charge in [0.25, 0.3) is 5.91 Å². The molecule has 0 radical (unpaired) electrons. The van der Waals surface area contributed by atoms with Gasteiger partial charge in [0.1, 0.15) is 5.69 Å². The number of aromatic nitrogens is 1. The molecular weight excluding hydrogens is 238 g/mol. The van der Waals surface area contributed by atoms with Gasteiger partial charge in [-0.1, -0.05) is 26.2 Å². The molecule has 0 atom stereocenters. The van der Waals surface area contributed by atoms with Gasteiger partial charge in [-0.2, -0.15) is 0 Å². The number of nitrogens with one attached hydrogen (secondary N) is 2. The molecule has 104 valence electrons. The SMILES string of the molecule is CCCCNc1ccc(C(=O)NC2CCCC2)nc1. The van der Waals surface area contributed by atoms with Crippen molar-refractivity contribution in [1.29, 1.82) is 0 Å². The van der Waals surface area contributed by atoms with Crippen LogP contribution in [0.5, 0.6) is 0 Å². The first-order valence-electron chi connectivity index (χ1n) is 7.30. The molecule has 2 rings (SSSR count). The first-order valence-corrected chi connectivity index (χ1v) is 7.30. The molecule has 19 heavy (non-hydrogen) atoms.